The molecule has 1 aromatic carbocycles. The van der Waals surface area contributed by atoms with Gasteiger partial charge in [0.05, 0.1) is 16.3 Å². The van der Waals surface area contributed by atoms with Crippen LogP contribution >= 0.6 is 0 Å². The van der Waals surface area contributed by atoms with Crippen LogP contribution < -0.4 is 10.2 Å². The molecule has 116 valence electrons. The maximum Gasteiger partial charge on any atom is 0.271 e. The molecule has 0 aromatic heterocycles. The lowest BCUT2D eigenvalue weighted by Crippen LogP contribution is -2.32. The highest BCUT2D eigenvalue weighted by Crippen LogP contribution is 2.30. The van der Waals surface area contributed by atoms with Gasteiger partial charge in [0, 0.05) is 38.7 Å². The minimum atomic E-state index is -0.467. The molecule has 1 rings (SSSR count). The van der Waals surface area contributed by atoms with E-state index >= 15 is 0 Å². The van der Waals surface area contributed by atoms with Crippen molar-refractivity contribution in [3.63, 3.8) is 0 Å². The third-order valence-corrected chi connectivity index (χ3v) is 3.04. The van der Waals surface area contributed by atoms with Gasteiger partial charge in [-0.3, -0.25) is 14.9 Å². The molecule has 7 heteroatoms. The van der Waals surface area contributed by atoms with E-state index in [-0.39, 0.29) is 11.6 Å². The summed E-state index contributed by atoms with van der Waals surface area (Å²) in [6, 6.07) is 4.54. The summed E-state index contributed by atoms with van der Waals surface area (Å²) < 4.78 is 0. The molecule has 0 spiro atoms. The molecule has 7 nitrogen and oxygen atoms in total. The van der Waals surface area contributed by atoms with Crippen LogP contribution in [0.5, 0.6) is 0 Å². The fourth-order valence-corrected chi connectivity index (χ4v) is 1.97. The van der Waals surface area contributed by atoms with Crippen molar-refractivity contribution in [1.82, 2.24) is 4.90 Å². The Bertz CT molecular complexity index is 517. The number of anilines is 2. The molecule has 0 radical (unpaired) electrons. The zero-order valence-corrected chi connectivity index (χ0v) is 12.9. The van der Waals surface area contributed by atoms with Gasteiger partial charge in [-0.15, -0.1) is 0 Å². The van der Waals surface area contributed by atoms with E-state index in [1.165, 1.54) is 19.1 Å². The lowest BCUT2D eigenvalue weighted by molar-refractivity contribution is -0.384. The number of carbonyl (C=O) groups excluding carboxylic acids is 1. The van der Waals surface area contributed by atoms with Crippen molar-refractivity contribution < 1.29 is 9.72 Å². The van der Waals surface area contributed by atoms with Gasteiger partial charge < -0.3 is 15.1 Å². The Morgan fingerprint density at radius 3 is 2.48 bits per heavy atom. The summed E-state index contributed by atoms with van der Waals surface area (Å²) in [6.07, 6.45) is 0. The molecular formula is C14H22N4O3. The molecule has 0 unspecified atom stereocenters. The van der Waals surface area contributed by atoms with Crippen molar-refractivity contribution in [3.05, 3.63) is 28.3 Å². The van der Waals surface area contributed by atoms with Gasteiger partial charge in [0.1, 0.15) is 0 Å². The number of amides is 1. The zero-order valence-electron chi connectivity index (χ0n) is 12.9. The predicted octanol–water partition coefficient (Wildman–Crippen LogP) is 1.94. The van der Waals surface area contributed by atoms with Crippen LogP contribution in [0, 0.1) is 10.1 Å². The Morgan fingerprint density at radius 1 is 1.33 bits per heavy atom. The summed E-state index contributed by atoms with van der Waals surface area (Å²) in [5.41, 5.74) is 1.23. The number of rotatable bonds is 7. The molecule has 0 bridgehead atoms. The van der Waals surface area contributed by atoms with Crippen LogP contribution in [0.3, 0.4) is 0 Å². The van der Waals surface area contributed by atoms with Gasteiger partial charge in [-0.05, 0) is 27.1 Å². The average Bonchev–Trinajstić information content (AvgIpc) is 2.39. The third-order valence-electron chi connectivity index (χ3n) is 3.04. The Labute approximate surface area is 124 Å². The van der Waals surface area contributed by atoms with Crippen molar-refractivity contribution >= 4 is 23.0 Å². The number of hydrogen-bond acceptors (Lipinski definition) is 5. The predicted molar refractivity (Wildman–Crippen MR) is 83.8 cm³/mol. The first-order valence-corrected chi connectivity index (χ1v) is 6.80. The third kappa shape index (κ3) is 5.03. The Balaban J connectivity index is 3.12. The van der Waals surface area contributed by atoms with E-state index in [1.54, 1.807) is 6.07 Å². The first kappa shape index (κ1) is 16.9. The topological polar surface area (TPSA) is 78.7 Å². The van der Waals surface area contributed by atoms with E-state index in [4.69, 9.17) is 0 Å². The molecule has 1 amide bonds. The Hall–Kier alpha value is -2.15. The monoisotopic (exact) mass is 294 g/mol. The molecule has 0 saturated heterocycles. The number of hydrogen-bond donors (Lipinski definition) is 1. The summed E-state index contributed by atoms with van der Waals surface area (Å²) >= 11 is 0. The summed E-state index contributed by atoms with van der Waals surface area (Å²) in [6.45, 7) is 5.77. The quantitative estimate of drug-likeness (QED) is 0.614. The van der Waals surface area contributed by atoms with E-state index in [0.29, 0.717) is 5.69 Å². The highest BCUT2D eigenvalue weighted by atomic mass is 16.6. The highest BCUT2D eigenvalue weighted by Gasteiger charge is 2.15. The maximum absolute atomic E-state index is 11.3. The fraction of sp³-hybridized carbons (Fsp3) is 0.500. The molecular weight excluding hydrogens is 272 g/mol. The second kappa shape index (κ2) is 7.58. The molecule has 0 heterocycles. The van der Waals surface area contributed by atoms with E-state index in [1.807, 2.05) is 21.0 Å². The van der Waals surface area contributed by atoms with Crippen LogP contribution in [0.25, 0.3) is 0 Å². The van der Waals surface area contributed by atoms with Crippen LogP contribution in [0.4, 0.5) is 17.1 Å². The van der Waals surface area contributed by atoms with Gasteiger partial charge in [-0.2, -0.15) is 0 Å². The lowest BCUT2D eigenvalue weighted by atomic mass is 10.2. The minimum Gasteiger partial charge on any atom is -0.369 e. The molecule has 0 fully saturated rings. The molecule has 21 heavy (non-hydrogen) atoms. The Kier molecular flexibility index (Phi) is 6.10. The summed E-state index contributed by atoms with van der Waals surface area (Å²) in [7, 11) is 3.97. The van der Waals surface area contributed by atoms with Crippen molar-refractivity contribution in [2.75, 3.05) is 43.9 Å². The van der Waals surface area contributed by atoms with Crippen LogP contribution in [0.1, 0.15) is 13.8 Å². The molecule has 0 atom stereocenters. The second-order valence-electron chi connectivity index (χ2n) is 5.02. The van der Waals surface area contributed by atoms with Gasteiger partial charge in [-0.1, -0.05) is 0 Å². The lowest BCUT2D eigenvalue weighted by Gasteiger charge is -2.27. The van der Waals surface area contributed by atoms with Crippen molar-refractivity contribution in [2.45, 2.75) is 13.8 Å². The van der Waals surface area contributed by atoms with Crippen molar-refractivity contribution in [2.24, 2.45) is 0 Å². The standard InChI is InChI=1S/C14H22N4O3/c1-5-17(9-8-16(3)4)14-7-6-12(18(20)21)10-13(14)15-11(2)19/h6-7,10H,5,8-9H2,1-4H3,(H,15,19). The van der Waals surface area contributed by atoms with Crippen molar-refractivity contribution in [1.29, 1.82) is 0 Å². The summed E-state index contributed by atoms with van der Waals surface area (Å²) in [5.74, 6) is -0.250. The van der Waals surface area contributed by atoms with E-state index in [2.05, 4.69) is 15.1 Å². The number of non-ortho nitro benzene ring substituents is 1. The van der Waals surface area contributed by atoms with Gasteiger partial charge in [0.15, 0.2) is 0 Å². The number of nitro groups is 1. The van der Waals surface area contributed by atoms with E-state index < -0.39 is 4.92 Å². The first-order chi connectivity index (χ1) is 9.85. The highest BCUT2D eigenvalue weighted by molar-refractivity contribution is 5.93. The van der Waals surface area contributed by atoms with Crippen LogP contribution in [0.15, 0.2) is 18.2 Å². The number of likely N-dealkylation sites (N-methyl/N-ethyl adjacent to an activating group) is 2. The molecule has 0 saturated carbocycles. The molecule has 0 aliphatic rings. The van der Waals surface area contributed by atoms with E-state index in [9.17, 15) is 14.9 Å². The number of nitro benzene ring substituents is 1. The van der Waals surface area contributed by atoms with Crippen LogP contribution in [-0.4, -0.2) is 49.5 Å². The first-order valence-electron chi connectivity index (χ1n) is 6.80. The molecule has 1 N–H and O–H groups in total. The van der Waals surface area contributed by atoms with Gasteiger partial charge in [0.2, 0.25) is 5.91 Å². The molecule has 0 aliphatic carbocycles. The number of carbonyl (C=O) groups is 1. The smallest absolute Gasteiger partial charge is 0.271 e. The number of benzene rings is 1. The number of nitrogens with one attached hydrogen (secondary N) is 1. The largest absolute Gasteiger partial charge is 0.369 e. The normalized spacial score (nSPS) is 10.5. The maximum atomic E-state index is 11.3. The van der Waals surface area contributed by atoms with Gasteiger partial charge in [0.25, 0.3) is 5.69 Å². The fourth-order valence-electron chi connectivity index (χ4n) is 1.97. The average molecular weight is 294 g/mol. The van der Waals surface area contributed by atoms with Gasteiger partial charge in [-0.25, -0.2) is 0 Å². The molecule has 0 aliphatic heterocycles. The number of nitrogens with zero attached hydrogens (tertiary/aromatic N) is 3. The Morgan fingerprint density at radius 2 is 2.00 bits per heavy atom. The molecule has 1 aromatic rings. The van der Waals surface area contributed by atoms with Crippen LogP contribution in [0.2, 0.25) is 0 Å². The summed E-state index contributed by atoms with van der Waals surface area (Å²) in [5, 5.41) is 13.5. The van der Waals surface area contributed by atoms with Crippen molar-refractivity contribution in [3.8, 4) is 0 Å². The van der Waals surface area contributed by atoms with Gasteiger partial charge >= 0.3 is 0 Å². The minimum absolute atomic E-state index is 0.0360. The summed E-state index contributed by atoms with van der Waals surface area (Å²) in [4.78, 5) is 25.9. The second-order valence-corrected chi connectivity index (χ2v) is 5.02. The SMILES string of the molecule is CCN(CCN(C)C)c1ccc([N+](=O)[O-])cc1NC(C)=O. The van der Waals surface area contributed by atoms with E-state index in [0.717, 1.165) is 25.3 Å². The van der Waals surface area contributed by atoms with Crippen LogP contribution in [-0.2, 0) is 4.79 Å². The zero-order chi connectivity index (χ0) is 16.0.